The molecule has 1 aromatic carbocycles. The second-order valence-electron chi connectivity index (χ2n) is 11.3. The quantitative estimate of drug-likeness (QED) is 0.346. The van der Waals surface area contributed by atoms with Gasteiger partial charge in [-0.1, -0.05) is 18.2 Å². The van der Waals surface area contributed by atoms with Crippen molar-refractivity contribution in [2.24, 2.45) is 0 Å². The molecule has 0 fully saturated rings. The Hall–Kier alpha value is -3.28. The fraction of sp³-hybridized carbons (Fsp3) is 0.520. The number of hydrogen-bond donors (Lipinski definition) is 0. The third-order valence-corrected chi connectivity index (χ3v) is 4.66. The third-order valence-electron chi connectivity index (χ3n) is 4.35. The van der Waals surface area contributed by atoms with Crippen LogP contribution < -0.4 is 4.90 Å². The van der Waals surface area contributed by atoms with Crippen LogP contribution in [0, 0.1) is 0 Å². The first-order valence-electron chi connectivity index (χ1n) is 11.4. The fourth-order valence-electron chi connectivity index (χ4n) is 2.98. The summed E-state index contributed by atoms with van der Waals surface area (Å²) in [7, 11) is 0. The Kier molecular flexibility index (Phi) is 8.24. The monoisotopic (exact) mass is 561 g/mol. The number of halogens is 4. The van der Waals surface area contributed by atoms with Crippen LogP contribution in [-0.4, -0.2) is 51.0 Å². The summed E-state index contributed by atoms with van der Waals surface area (Å²) in [5.74, 6) is -0.540. The average molecular weight is 562 g/mol. The van der Waals surface area contributed by atoms with Crippen LogP contribution in [-0.2, 0) is 14.2 Å². The lowest BCUT2D eigenvalue weighted by Gasteiger charge is -2.27. The summed E-state index contributed by atoms with van der Waals surface area (Å²) < 4.78 is 57.2. The standard InChI is InChI=1S/C25H31ClF3N3O6/c1-13(25(27,28)29)14-11-15-17(12-16(14)26)32(21(35)38-24(8,9)10)30-18(15)31(19(33)36-22(2,3)4)20(34)37-23(5,6)7/h11-12H,1H2,2-10H3. The van der Waals surface area contributed by atoms with Gasteiger partial charge in [-0.05, 0) is 74.4 Å². The lowest BCUT2D eigenvalue weighted by molar-refractivity contribution is -0.0686. The van der Waals surface area contributed by atoms with E-state index in [4.69, 9.17) is 25.8 Å². The molecule has 0 aliphatic rings. The van der Waals surface area contributed by atoms with Gasteiger partial charge in [0, 0.05) is 10.9 Å². The molecule has 0 radical (unpaired) electrons. The predicted octanol–water partition coefficient (Wildman–Crippen LogP) is 7.73. The Morgan fingerprint density at radius 2 is 1.32 bits per heavy atom. The SMILES string of the molecule is C=C(c1cc2c(N(C(=O)OC(C)(C)C)C(=O)OC(C)(C)C)nn(C(=O)OC(C)(C)C)c2cc1Cl)C(F)(F)F. The topological polar surface area (TPSA) is 100.0 Å². The molecule has 0 aliphatic carbocycles. The number of aromatic nitrogens is 2. The molecule has 0 bridgehead atoms. The van der Waals surface area contributed by atoms with E-state index in [2.05, 4.69) is 11.7 Å². The van der Waals surface area contributed by atoms with E-state index >= 15 is 0 Å². The number of rotatable bonds is 2. The van der Waals surface area contributed by atoms with Crippen LogP contribution in [0.4, 0.5) is 33.4 Å². The maximum absolute atomic E-state index is 13.5. The van der Waals surface area contributed by atoms with Crippen molar-refractivity contribution >= 4 is 52.2 Å². The second kappa shape index (κ2) is 10.1. The molecule has 210 valence electrons. The van der Waals surface area contributed by atoms with Crippen molar-refractivity contribution in [3.63, 3.8) is 0 Å². The molecular weight excluding hydrogens is 531 g/mol. The van der Waals surface area contributed by atoms with Gasteiger partial charge in [-0.25, -0.2) is 14.4 Å². The maximum atomic E-state index is 13.5. The van der Waals surface area contributed by atoms with Gasteiger partial charge in [-0.3, -0.25) is 0 Å². The number of allylic oxidation sites excluding steroid dienone is 1. The number of amides is 2. The molecule has 0 N–H and O–H groups in total. The smallest absolute Gasteiger partial charge is 0.435 e. The van der Waals surface area contributed by atoms with E-state index in [-0.39, 0.29) is 10.9 Å². The highest BCUT2D eigenvalue weighted by molar-refractivity contribution is 6.33. The summed E-state index contributed by atoms with van der Waals surface area (Å²) in [6.45, 7) is 17.1. The molecule has 9 nitrogen and oxygen atoms in total. The summed E-state index contributed by atoms with van der Waals surface area (Å²) in [5.41, 5.74) is -5.14. The predicted molar refractivity (Wildman–Crippen MR) is 136 cm³/mol. The zero-order chi connectivity index (χ0) is 29.6. The summed E-state index contributed by atoms with van der Waals surface area (Å²) in [4.78, 5) is 39.8. The zero-order valence-electron chi connectivity index (χ0n) is 22.7. The number of ether oxygens (including phenoxy) is 3. The van der Waals surface area contributed by atoms with Crippen molar-refractivity contribution < 1.29 is 41.8 Å². The van der Waals surface area contributed by atoms with E-state index in [1.807, 2.05) is 0 Å². The van der Waals surface area contributed by atoms with Gasteiger partial charge in [0.15, 0.2) is 5.82 Å². The van der Waals surface area contributed by atoms with Gasteiger partial charge in [-0.15, -0.1) is 5.10 Å². The largest absolute Gasteiger partial charge is 0.443 e. The van der Waals surface area contributed by atoms with Crippen LogP contribution in [0.1, 0.15) is 67.9 Å². The van der Waals surface area contributed by atoms with Crippen molar-refractivity contribution in [2.75, 3.05) is 4.90 Å². The van der Waals surface area contributed by atoms with Crippen LogP contribution in [0.5, 0.6) is 0 Å². The van der Waals surface area contributed by atoms with Crippen molar-refractivity contribution in [1.82, 2.24) is 9.78 Å². The van der Waals surface area contributed by atoms with Crippen molar-refractivity contribution in [3.8, 4) is 0 Å². The fourth-order valence-corrected chi connectivity index (χ4v) is 3.25. The van der Waals surface area contributed by atoms with Crippen LogP contribution in [0.3, 0.4) is 0 Å². The Bertz CT molecular complexity index is 1250. The molecule has 0 aliphatic heterocycles. The van der Waals surface area contributed by atoms with Crippen LogP contribution >= 0.6 is 11.6 Å². The number of anilines is 1. The second-order valence-corrected chi connectivity index (χ2v) is 11.7. The van der Waals surface area contributed by atoms with E-state index in [1.54, 1.807) is 62.3 Å². The number of imide groups is 1. The number of carbonyl (C=O) groups is 3. The Balaban J connectivity index is 2.94. The average Bonchev–Trinajstić information content (AvgIpc) is 3.00. The minimum absolute atomic E-state index is 0.143. The normalized spacial score (nSPS) is 12.8. The maximum Gasteiger partial charge on any atom is 0.435 e. The molecule has 2 rings (SSSR count). The number of carbonyl (C=O) groups excluding carboxylic acids is 3. The Morgan fingerprint density at radius 3 is 1.71 bits per heavy atom. The van der Waals surface area contributed by atoms with E-state index < -0.39 is 63.2 Å². The van der Waals surface area contributed by atoms with E-state index in [9.17, 15) is 27.6 Å². The molecule has 0 unspecified atom stereocenters. The zero-order valence-corrected chi connectivity index (χ0v) is 23.4. The molecule has 2 amide bonds. The number of alkyl halides is 3. The van der Waals surface area contributed by atoms with E-state index in [0.717, 1.165) is 12.1 Å². The van der Waals surface area contributed by atoms with Gasteiger partial charge in [0.05, 0.1) is 16.1 Å². The summed E-state index contributed by atoms with van der Waals surface area (Å²) in [6.07, 6.45) is -8.38. The van der Waals surface area contributed by atoms with Gasteiger partial charge < -0.3 is 14.2 Å². The van der Waals surface area contributed by atoms with Crippen molar-refractivity contribution in [1.29, 1.82) is 0 Å². The lowest BCUT2D eigenvalue weighted by atomic mass is 10.0. The first-order chi connectivity index (χ1) is 16.9. The van der Waals surface area contributed by atoms with Gasteiger partial charge in [0.1, 0.15) is 16.8 Å². The van der Waals surface area contributed by atoms with Gasteiger partial charge in [-0.2, -0.15) is 22.8 Å². The highest BCUT2D eigenvalue weighted by Crippen LogP contribution is 2.40. The first kappa shape index (κ1) is 30.9. The molecule has 1 aromatic heterocycles. The lowest BCUT2D eigenvalue weighted by Crippen LogP contribution is -2.44. The summed E-state index contributed by atoms with van der Waals surface area (Å²) in [5, 5.41) is 3.45. The van der Waals surface area contributed by atoms with Crippen molar-refractivity contribution in [3.05, 3.63) is 29.3 Å². The first-order valence-corrected chi connectivity index (χ1v) is 11.8. The molecule has 0 saturated carbocycles. The summed E-state index contributed by atoms with van der Waals surface area (Å²) in [6, 6.07) is 1.96. The minimum Gasteiger partial charge on any atom is -0.443 e. The van der Waals surface area contributed by atoms with E-state index in [0.29, 0.717) is 9.58 Å². The number of benzene rings is 1. The molecule has 13 heteroatoms. The van der Waals surface area contributed by atoms with Gasteiger partial charge >= 0.3 is 24.5 Å². The molecule has 0 saturated heterocycles. The molecule has 38 heavy (non-hydrogen) atoms. The summed E-state index contributed by atoms with van der Waals surface area (Å²) >= 11 is 6.15. The number of nitrogens with zero attached hydrogens (tertiary/aromatic N) is 3. The minimum atomic E-state index is -4.85. The third kappa shape index (κ3) is 7.62. The van der Waals surface area contributed by atoms with E-state index in [1.165, 1.54) is 0 Å². The number of hydrogen-bond acceptors (Lipinski definition) is 7. The highest BCUT2D eigenvalue weighted by Gasteiger charge is 2.39. The Labute approximate surface area is 223 Å². The molecular formula is C25H31ClF3N3O6. The molecule has 0 atom stereocenters. The van der Waals surface area contributed by atoms with Gasteiger partial charge in [0.25, 0.3) is 0 Å². The van der Waals surface area contributed by atoms with Gasteiger partial charge in [0.2, 0.25) is 0 Å². The Morgan fingerprint density at radius 1 is 0.868 bits per heavy atom. The van der Waals surface area contributed by atoms with Crippen molar-refractivity contribution in [2.45, 2.75) is 85.3 Å². The van der Waals surface area contributed by atoms with Crippen LogP contribution in [0.25, 0.3) is 16.5 Å². The molecule has 2 aromatic rings. The molecule has 0 spiro atoms. The number of fused-ring (bicyclic) bond motifs is 1. The highest BCUT2D eigenvalue weighted by atomic mass is 35.5. The van der Waals surface area contributed by atoms with Crippen LogP contribution in [0.15, 0.2) is 18.7 Å². The van der Waals surface area contributed by atoms with Crippen LogP contribution in [0.2, 0.25) is 5.02 Å². The molecule has 1 heterocycles.